The second-order valence-electron chi connectivity index (χ2n) is 5.79. The van der Waals surface area contributed by atoms with Gasteiger partial charge in [-0.25, -0.2) is 0 Å². The third-order valence-electron chi connectivity index (χ3n) is 4.31. The van der Waals surface area contributed by atoms with Crippen LogP contribution < -0.4 is 5.32 Å². The van der Waals surface area contributed by atoms with Crippen molar-refractivity contribution < 1.29 is 9.53 Å². The van der Waals surface area contributed by atoms with Crippen LogP contribution in [0, 0.1) is 0 Å². The van der Waals surface area contributed by atoms with Crippen molar-refractivity contribution in [3.63, 3.8) is 0 Å². The van der Waals surface area contributed by atoms with Crippen molar-refractivity contribution >= 4 is 18.3 Å². The van der Waals surface area contributed by atoms with Crippen LogP contribution >= 0.6 is 12.4 Å². The van der Waals surface area contributed by atoms with Crippen molar-refractivity contribution in [2.75, 3.05) is 26.2 Å². The van der Waals surface area contributed by atoms with Gasteiger partial charge in [0.1, 0.15) is 0 Å². The van der Waals surface area contributed by atoms with E-state index in [1.807, 2.05) is 23.2 Å². The molecule has 1 aromatic heterocycles. The minimum atomic E-state index is 0. The van der Waals surface area contributed by atoms with Gasteiger partial charge in [0, 0.05) is 38.6 Å². The Morgan fingerprint density at radius 2 is 2.36 bits per heavy atom. The van der Waals surface area contributed by atoms with Gasteiger partial charge in [0.15, 0.2) is 0 Å². The highest BCUT2D eigenvalue weighted by atomic mass is 35.5. The zero-order valence-electron chi connectivity index (χ0n) is 12.7. The summed E-state index contributed by atoms with van der Waals surface area (Å²) in [6.07, 6.45) is 7.54. The van der Waals surface area contributed by atoms with E-state index in [0.717, 1.165) is 44.6 Å². The molecule has 2 saturated heterocycles. The van der Waals surface area contributed by atoms with Gasteiger partial charge in [-0.05, 0) is 30.9 Å². The van der Waals surface area contributed by atoms with E-state index in [0.29, 0.717) is 6.42 Å². The molecule has 122 valence electrons. The maximum Gasteiger partial charge on any atom is 0.225 e. The van der Waals surface area contributed by atoms with Crippen LogP contribution in [-0.4, -0.2) is 48.1 Å². The molecular formula is C16H24ClN3O2. The van der Waals surface area contributed by atoms with Gasteiger partial charge in [0.25, 0.3) is 0 Å². The number of hydrogen-bond acceptors (Lipinski definition) is 4. The van der Waals surface area contributed by atoms with E-state index < -0.39 is 0 Å². The number of rotatable bonds is 3. The molecule has 0 spiro atoms. The fourth-order valence-electron chi connectivity index (χ4n) is 3.15. The number of halogens is 1. The number of piperazine rings is 1. The molecule has 22 heavy (non-hydrogen) atoms. The average Bonchev–Trinajstić information content (AvgIpc) is 2.56. The first-order valence-electron chi connectivity index (χ1n) is 7.86. The van der Waals surface area contributed by atoms with Gasteiger partial charge in [-0.1, -0.05) is 6.07 Å². The zero-order chi connectivity index (χ0) is 14.5. The maximum atomic E-state index is 12.6. The lowest BCUT2D eigenvalue weighted by Crippen LogP contribution is -2.49. The SMILES string of the molecule is Cl.O=C(CC1CCCCO1)N1CCNCC1c1cccnc1. The second-order valence-corrected chi connectivity index (χ2v) is 5.79. The summed E-state index contributed by atoms with van der Waals surface area (Å²) in [5, 5.41) is 3.37. The molecule has 1 aromatic rings. The number of hydrogen-bond donors (Lipinski definition) is 1. The Bertz CT molecular complexity index is 466. The summed E-state index contributed by atoms with van der Waals surface area (Å²) in [5.41, 5.74) is 1.10. The van der Waals surface area contributed by atoms with Crippen LogP contribution in [0.3, 0.4) is 0 Å². The summed E-state index contributed by atoms with van der Waals surface area (Å²) in [7, 11) is 0. The minimum Gasteiger partial charge on any atom is -0.378 e. The van der Waals surface area contributed by atoms with Crippen LogP contribution in [0.5, 0.6) is 0 Å². The van der Waals surface area contributed by atoms with Gasteiger partial charge >= 0.3 is 0 Å². The van der Waals surface area contributed by atoms with Crippen molar-refractivity contribution in [3.05, 3.63) is 30.1 Å². The molecule has 0 aliphatic carbocycles. The van der Waals surface area contributed by atoms with Crippen LogP contribution in [0.1, 0.15) is 37.3 Å². The van der Waals surface area contributed by atoms with E-state index in [4.69, 9.17) is 4.74 Å². The Labute approximate surface area is 137 Å². The van der Waals surface area contributed by atoms with Crippen molar-refractivity contribution in [3.8, 4) is 0 Å². The van der Waals surface area contributed by atoms with Gasteiger partial charge in [-0.15, -0.1) is 12.4 Å². The lowest BCUT2D eigenvalue weighted by Gasteiger charge is -2.37. The molecule has 2 atom stereocenters. The fourth-order valence-corrected chi connectivity index (χ4v) is 3.15. The Morgan fingerprint density at radius 1 is 1.45 bits per heavy atom. The summed E-state index contributed by atoms with van der Waals surface area (Å²) >= 11 is 0. The minimum absolute atomic E-state index is 0. The van der Waals surface area contributed by atoms with Crippen molar-refractivity contribution in [1.29, 1.82) is 0 Å². The second kappa shape index (κ2) is 8.46. The predicted octanol–water partition coefficient (Wildman–Crippen LogP) is 1.94. The summed E-state index contributed by atoms with van der Waals surface area (Å²) in [6.45, 7) is 3.20. The Balaban J connectivity index is 0.00000176. The Hall–Kier alpha value is -1.17. The molecule has 1 amide bonds. The highest BCUT2D eigenvalue weighted by Gasteiger charge is 2.29. The van der Waals surface area contributed by atoms with Crippen molar-refractivity contribution in [1.82, 2.24) is 15.2 Å². The number of aromatic nitrogens is 1. The average molecular weight is 326 g/mol. The Kier molecular flexibility index (Phi) is 6.61. The number of carbonyl (C=O) groups excluding carboxylic acids is 1. The van der Waals surface area contributed by atoms with Crippen molar-refractivity contribution in [2.45, 2.75) is 37.8 Å². The van der Waals surface area contributed by atoms with Crippen molar-refractivity contribution in [2.24, 2.45) is 0 Å². The summed E-state index contributed by atoms with van der Waals surface area (Å²) in [4.78, 5) is 18.8. The van der Waals surface area contributed by atoms with Gasteiger partial charge in [0.05, 0.1) is 18.6 Å². The molecule has 1 N–H and O–H groups in total. The number of nitrogens with one attached hydrogen (secondary N) is 1. The lowest BCUT2D eigenvalue weighted by atomic mass is 10.0. The van der Waals surface area contributed by atoms with Crippen LogP contribution in [0.2, 0.25) is 0 Å². The number of nitrogens with zero attached hydrogens (tertiary/aromatic N) is 2. The number of pyridine rings is 1. The van der Waals surface area contributed by atoms with E-state index in [1.54, 1.807) is 6.20 Å². The first-order chi connectivity index (χ1) is 10.3. The van der Waals surface area contributed by atoms with Crippen LogP contribution in [0.25, 0.3) is 0 Å². The first kappa shape index (κ1) is 17.2. The predicted molar refractivity (Wildman–Crippen MR) is 87.0 cm³/mol. The molecule has 3 rings (SSSR count). The third kappa shape index (κ3) is 4.18. The Morgan fingerprint density at radius 3 is 3.09 bits per heavy atom. The van der Waals surface area contributed by atoms with Gasteiger partial charge in [-0.2, -0.15) is 0 Å². The van der Waals surface area contributed by atoms with Gasteiger partial charge < -0.3 is 15.0 Å². The van der Waals surface area contributed by atoms with E-state index in [2.05, 4.69) is 10.3 Å². The molecule has 2 aliphatic heterocycles. The topological polar surface area (TPSA) is 54.5 Å². The van der Waals surface area contributed by atoms with E-state index in [-0.39, 0.29) is 30.5 Å². The molecule has 2 aliphatic rings. The van der Waals surface area contributed by atoms with Crippen LogP contribution in [0.15, 0.2) is 24.5 Å². The highest BCUT2D eigenvalue weighted by Crippen LogP contribution is 2.24. The standard InChI is InChI=1S/C16H23N3O2.ClH/c20-16(10-14-5-1-2-9-21-14)19-8-7-18-12-15(19)13-4-3-6-17-11-13;/h3-4,6,11,14-15,18H,1-2,5,7-10,12H2;1H. The van der Waals surface area contributed by atoms with E-state index in [9.17, 15) is 4.79 Å². The summed E-state index contributed by atoms with van der Waals surface area (Å²) in [5.74, 6) is 0.206. The molecule has 2 unspecified atom stereocenters. The largest absolute Gasteiger partial charge is 0.378 e. The quantitative estimate of drug-likeness (QED) is 0.922. The molecule has 0 aromatic carbocycles. The number of amides is 1. The molecular weight excluding hydrogens is 302 g/mol. The normalized spacial score (nSPS) is 25.4. The molecule has 5 nitrogen and oxygen atoms in total. The smallest absolute Gasteiger partial charge is 0.225 e. The number of ether oxygens (including phenoxy) is 1. The molecule has 0 radical (unpaired) electrons. The van der Waals surface area contributed by atoms with E-state index in [1.165, 1.54) is 6.42 Å². The monoisotopic (exact) mass is 325 g/mol. The highest BCUT2D eigenvalue weighted by molar-refractivity contribution is 5.85. The molecule has 2 fully saturated rings. The van der Waals surface area contributed by atoms with Crippen LogP contribution in [0.4, 0.5) is 0 Å². The summed E-state index contributed by atoms with van der Waals surface area (Å²) in [6, 6.07) is 4.06. The third-order valence-corrected chi connectivity index (χ3v) is 4.31. The molecule has 3 heterocycles. The van der Waals surface area contributed by atoms with Crippen LogP contribution in [-0.2, 0) is 9.53 Å². The zero-order valence-corrected chi connectivity index (χ0v) is 13.6. The first-order valence-corrected chi connectivity index (χ1v) is 7.86. The number of carbonyl (C=O) groups is 1. The molecule has 0 bridgehead atoms. The van der Waals surface area contributed by atoms with Gasteiger partial charge in [0.2, 0.25) is 5.91 Å². The fraction of sp³-hybridized carbons (Fsp3) is 0.625. The molecule has 6 heteroatoms. The maximum absolute atomic E-state index is 12.6. The molecule has 0 saturated carbocycles. The van der Waals surface area contributed by atoms with E-state index >= 15 is 0 Å². The summed E-state index contributed by atoms with van der Waals surface area (Å²) < 4.78 is 5.70. The lowest BCUT2D eigenvalue weighted by molar-refractivity contribution is -0.138. The van der Waals surface area contributed by atoms with Gasteiger partial charge in [-0.3, -0.25) is 9.78 Å².